The highest BCUT2D eigenvalue weighted by Gasteiger charge is 2.28. The average Bonchev–Trinajstić information content (AvgIpc) is 2.72. The van der Waals surface area contributed by atoms with Crippen molar-refractivity contribution in [3.05, 3.63) is 0 Å². The lowest BCUT2D eigenvalue weighted by Crippen LogP contribution is -2.35. The second-order valence-electron chi connectivity index (χ2n) is 3.53. The van der Waals surface area contributed by atoms with Gasteiger partial charge in [-0.05, 0) is 26.7 Å². The number of ketones is 1. The van der Waals surface area contributed by atoms with Crippen molar-refractivity contribution in [2.45, 2.75) is 33.1 Å². The lowest BCUT2D eigenvalue weighted by Gasteiger charge is -2.14. The van der Waals surface area contributed by atoms with Gasteiger partial charge in [0.1, 0.15) is 5.71 Å². The minimum atomic E-state index is -0.942. The fourth-order valence-corrected chi connectivity index (χ4v) is 1.45. The summed E-state index contributed by atoms with van der Waals surface area (Å²) >= 11 is 0. The summed E-state index contributed by atoms with van der Waals surface area (Å²) in [5.74, 6) is -0.159. The molecule has 0 heterocycles. The zero-order chi connectivity index (χ0) is 13.5. The molecule has 1 aliphatic carbocycles. The molecule has 100 valence electrons. The molecule has 0 N–H and O–H groups in total. The topological polar surface area (TPSA) is 85.3 Å². The van der Waals surface area contributed by atoms with Crippen LogP contribution in [0.25, 0.3) is 0 Å². The number of hydrogen-bond acceptors (Lipinski definition) is 6. The van der Waals surface area contributed by atoms with Crippen LogP contribution in [0.2, 0.25) is 0 Å². The molecule has 0 bridgehead atoms. The first-order valence-corrected chi connectivity index (χ1v) is 5.84. The number of hydrazone groups is 1. The molecule has 18 heavy (non-hydrogen) atoms. The monoisotopic (exact) mass is 256 g/mol. The van der Waals surface area contributed by atoms with Crippen LogP contribution in [0.4, 0.5) is 9.59 Å². The van der Waals surface area contributed by atoms with E-state index in [1.54, 1.807) is 13.8 Å². The van der Waals surface area contributed by atoms with Gasteiger partial charge in [-0.2, -0.15) is 5.10 Å². The Morgan fingerprint density at radius 3 is 2.11 bits per heavy atom. The first kappa shape index (κ1) is 14.1. The second kappa shape index (κ2) is 6.73. The highest BCUT2D eigenvalue weighted by molar-refractivity contribution is 6.41. The van der Waals surface area contributed by atoms with Crippen molar-refractivity contribution in [3.8, 4) is 0 Å². The number of Topliss-reactive ketones (excluding diaryl/α,β-unsaturated/α-hetero) is 1. The Bertz CT molecular complexity index is 360. The highest BCUT2D eigenvalue weighted by atomic mass is 16.6. The summed E-state index contributed by atoms with van der Waals surface area (Å²) in [6, 6.07) is 0. The van der Waals surface area contributed by atoms with Gasteiger partial charge in [0.15, 0.2) is 5.78 Å². The van der Waals surface area contributed by atoms with Crippen LogP contribution in [0.5, 0.6) is 0 Å². The summed E-state index contributed by atoms with van der Waals surface area (Å²) in [5.41, 5.74) is 0.205. The van der Waals surface area contributed by atoms with Gasteiger partial charge in [-0.25, -0.2) is 9.59 Å². The number of rotatable bonds is 3. The summed E-state index contributed by atoms with van der Waals surface area (Å²) < 4.78 is 9.37. The number of ether oxygens (including phenoxy) is 2. The van der Waals surface area contributed by atoms with Crippen molar-refractivity contribution in [2.24, 2.45) is 5.10 Å². The number of hydrogen-bond donors (Lipinski definition) is 0. The van der Waals surface area contributed by atoms with E-state index in [1.807, 2.05) is 0 Å². The Labute approximate surface area is 105 Å². The van der Waals surface area contributed by atoms with Crippen molar-refractivity contribution in [1.82, 2.24) is 5.01 Å². The van der Waals surface area contributed by atoms with E-state index in [1.165, 1.54) is 0 Å². The van der Waals surface area contributed by atoms with Crippen LogP contribution in [-0.4, -0.2) is 41.9 Å². The average molecular weight is 256 g/mol. The van der Waals surface area contributed by atoms with Gasteiger partial charge in [0.2, 0.25) is 0 Å². The Balaban J connectivity index is 2.86. The molecule has 0 atom stereocenters. The van der Waals surface area contributed by atoms with Gasteiger partial charge in [0, 0.05) is 6.42 Å². The van der Waals surface area contributed by atoms with Gasteiger partial charge in [-0.3, -0.25) is 4.79 Å². The third kappa shape index (κ3) is 3.54. The molecule has 0 aliphatic heterocycles. The molecule has 7 heteroatoms. The maximum Gasteiger partial charge on any atom is 0.440 e. The Morgan fingerprint density at radius 1 is 1.17 bits per heavy atom. The number of imide groups is 1. The number of amides is 2. The predicted molar refractivity (Wildman–Crippen MR) is 62.2 cm³/mol. The van der Waals surface area contributed by atoms with E-state index >= 15 is 0 Å². The van der Waals surface area contributed by atoms with Crippen molar-refractivity contribution < 1.29 is 23.9 Å². The first-order valence-electron chi connectivity index (χ1n) is 5.84. The fourth-order valence-electron chi connectivity index (χ4n) is 1.45. The molecular formula is C11H16N2O5. The summed E-state index contributed by atoms with van der Waals surface area (Å²) in [5, 5.41) is 4.21. The molecule has 0 aromatic rings. The Hall–Kier alpha value is -1.92. The zero-order valence-corrected chi connectivity index (χ0v) is 10.5. The normalized spacial score (nSPS) is 16.8. The summed E-state index contributed by atoms with van der Waals surface area (Å²) in [7, 11) is 0. The molecule has 0 aromatic carbocycles. The van der Waals surface area contributed by atoms with Crippen LogP contribution in [-0.2, 0) is 14.3 Å². The molecule has 1 aliphatic rings. The molecule has 0 aromatic heterocycles. The Morgan fingerprint density at radius 2 is 1.72 bits per heavy atom. The molecule has 2 amide bonds. The SMILES string of the molecule is CCOC(=O)N(/N=C1\CCCC1=O)C(=O)OCC. The lowest BCUT2D eigenvalue weighted by molar-refractivity contribution is -0.112. The van der Waals surface area contributed by atoms with E-state index in [0.717, 1.165) is 0 Å². The fraction of sp³-hybridized carbons (Fsp3) is 0.636. The zero-order valence-electron chi connectivity index (χ0n) is 10.5. The molecule has 1 fully saturated rings. The number of carbonyl (C=O) groups excluding carboxylic acids is 3. The van der Waals surface area contributed by atoms with Gasteiger partial charge in [-0.15, -0.1) is 0 Å². The summed E-state index contributed by atoms with van der Waals surface area (Å²) in [4.78, 5) is 34.5. The van der Waals surface area contributed by atoms with Crippen LogP contribution in [0, 0.1) is 0 Å². The molecule has 1 saturated carbocycles. The van der Waals surface area contributed by atoms with E-state index in [0.29, 0.717) is 24.3 Å². The van der Waals surface area contributed by atoms with Crippen LogP contribution >= 0.6 is 0 Å². The molecule has 0 radical (unpaired) electrons. The predicted octanol–water partition coefficient (Wildman–Crippen LogP) is 1.71. The third-order valence-electron chi connectivity index (χ3n) is 2.24. The van der Waals surface area contributed by atoms with Crippen molar-refractivity contribution in [3.63, 3.8) is 0 Å². The van der Waals surface area contributed by atoms with Crippen LogP contribution in [0.1, 0.15) is 33.1 Å². The smallest absolute Gasteiger partial charge is 0.440 e. The van der Waals surface area contributed by atoms with E-state index in [-0.39, 0.29) is 24.7 Å². The largest absolute Gasteiger partial charge is 0.448 e. The third-order valence-corrected chi connectivity index (χ3v) is 2.24. The molecule has 7 nitrogen and oxygen atoms in total. The first-order chi connectivity index (χ1) is 8.60. The minimum absolute atomic E-state index is 0.105. The number of nitrogens with zero attached hydrogens (tertiary/aromatic N) is 2. The molecule has 0 saturated heterocycles. The maximum absolute atomic E-state index is 11.5. The van der Waals surface area contributed by atoms with Crippen molar-refractivity contribution in [1.29, 1.82) is 0 Å². The van der Waals surface area contributed by atoms with Crippen LogP contribution < -0.4 is 0 Å². The Kier molecular flexibility index (Phi) is 5.29. The standard InChI is InChI=1S/C11H16N2O5/c1-3-17-10(15)13(11(16)18-4-2)12-8-6-5-7-9(8)14/h3-7H2,1-2H3/b12-8+. The van der Waals surface area contributed by atoms with Crippen molar-refractivity contribution >= 4 is 23.7 Å². The quantitative estimate of drug-likeness (QED) is 0.717. The van der Waals surface area contributed by atoms with Gasteiger partial charge in [0.05, 0.1) is 13.2 Å². The highest BCUT2D eigenvalue weighted by Crippen LogP contribution is 2.13. The summed E-state index contributed by atoms with van der Waals surface area (Å²) in [6.07, 6.45) is -0.366. The van der Waals surface area contributed by atoms with E-state index < -0.39 is 12.2 Å². The van der Waals surface area contributed by atoms with Crippen LogP contribution in [0.3, 0.4) is 0 Å². The van der Waals surface area contributed by atoms with E-state index in [9.17, 15) is 14.4 Å². The molecule has 1 rings (SSSR count). The van der Waals surface area contributed by atoms with Gasteiger partial charge >= 0.3 is 12.2 Å². The van der Waals surface area contributed by atoms with Crippen molar-refractivity contribution in [2.75, 3.05) is 13.2 Å². The minimum Gasteiger partial charge on any atom is -0.448 e. The summed E-state index contributed by atoms with van der Waals surface area (Å²) in [6.45, 7) is 3.42. The van der Waals surface area contributed by atoms with Gasteiger partial charge in [0.25, 0.3) is 0 Å². The lowest BCUT2D eigenvalue weighted by atomic mass is 10.3. The van der Waals surface area contributed by atoms with Gasteiger partial charge < -0.3 is 9.47 Å². The second-order valence-corrected chi connectivity index (χ2v) is 3.53. The maximum atomic E-state index is 11.5. The molecule has 0 spiro atoms. The molecular weight excluding hydrogens is 240 g/mol. The van der Waals surface area contributed by atoms with Crippen LogP contribution in [0.15, 0.2) is 5.10 Å². The molecule has 0 unspecified atom stereocenters. The van der Waals surface area contributed by atoms with E-state index in [2.05, 4.69) is 14.6 Å². The van der Waals surface area contributed by atoms with E-state index in [4.69, 9.17) is 0 Å². The number of carbonyl (C=O) groups is 3. The van der Waals surface area contributed by atoms with Gasteiger partial charge in [-0.1, -0.05) is 5.01 Å².